The van der Waals surface area contributed by atoms with Crippen LogP contribution in [0, 0.1) is 0 Å². The maximum Gasteiger partial charge on any atom is 0.234 e. The number of rotatable bonds is 5. The molecule has 2 unspecified atom stereocenters. The van der Waals surface area contributed by atoms with Gasteiger partial charge < -0.3 is 15.2 Å². The normalized spacial score (nSPS) is 24.1. The zero-order valence-electron chi connectivity index (χ0n) is 10.1. The van der Waals surface area contributed by atoms with Gasteiger partial charge in [-0.05, 0) is 26.3 Å². The first-order valence-corrected chi connectivity index (χ1v) is 5.80. The number of β-amino-alcohol motifs (C(OH)–C–C–N with tert-alkyl or cyclic N) is 1. The Morgan fingerprint density at radius 2 is 2.44 bits per heavy atom. The molecule has 0 aliphatic carbocycles. The van der Waals surface area contributed by atoms with Crippen molar-refractivity contribution < 1.29 is 14.6 Å². The molecule has 5 heteroatoms. The van der Waals surface area contributed by atoms with Crippen LogP contribution in [0.1, 0.15) is 19.8 Å². The molecular formula is C11H22N2O3. The molecule has 1 rings (SSSR count). The summed E-state index contributed by atoms with van der Waals surface area (Å²) in [6, 6.07) is 0.0345. The van der Waals surface area contributed by atoms with E-state index in [2.05, 4.69) is 5.32 Å². The van der Waals surface area contributed by atoms with Gasteiger partial charge in [-0.1, -0.05) is 0 Å². The number of ether oxygens (including phenoxy) is 1. The Balaban J connectivity index is 2.22. The Bertz CT molecular complexity index is 223. The maximum absolute atomic E-state index is 11.6. The average Bonchev–Trinajstić information content (AvgIpc) is 2.17. The fraction of sp³-hybridized carbons (Fsp3) is 0.909. The van der Waals surface area contributed by atoms with Crippen LogP contribution in [0.5, 0.6) is 0 Å². The Hall–Kier alpha value is -0.650. The number of carbonyl (C=O) groups is 1. The van der Waals surface area contributed by atoms with E-state index in [1.165, 1.54) is 0 Å². The van der Waals surface area contributed by atoms with Crippen molar-refractivity contribution in [3.8, 4) is 0 Å². The van der Waals surface area contributed by atoms with Gasteiger partial charge in [0.1, 0.15) is 0 Å². The summed E-state index contributed by atoms with van der Waals surface area (Å²) in [4.78, 5) is 13.6. The summed E-state index contributed by atoms with van der Waals surface area (Å²) in [6.07, 6.45) is 1.53. The average molecular weight is 230 g/mol. The second kappa shape index (κ2) is 6.83. The molecule has 0 aromatic rings. The van der Waals surface area contributed by atoms with E-state index in [0.29, 0.717) is 19.7 Å². The molecule has 5 nitrogen and oxygen atoms in total. The molecule has 0 saturated carbocycles. The fourth-order valence-electron chi connectivity index (χ4n) is 1.99. The summed E-state index contributed by atoms with van der Waals surface area (Å²) in [5.74, 6) is -0.00125. The van der Waals surface area contributed by atoms with Crippen LogP contribution in [-0.4, -0.2) is 61.4 Å². The van der Waals surface area contributed by atoms with E-state index in [9.17, 15) is 9.90 Å². The van der Waals surface area contributed by atoms with E-state index in [1.54, 1.807) is 7.11 Å². The molecule has 1 saturated heterocycles. The molecule has 1 fully saturated rings. The number of amides is 1. The number of hydrogen-bond acceptors (Lipinski definition) is 4. The fourth-order valence-corrected chi connectivity index (χ4v) is 1.99. The number of hydrogen-bond donors (Lipinski definition) is 2. The number of nitrogens with zero attached hydrogens (tertiary/aromatic N) is 1. The van der Waals surface area contributed by atoms with E-state index in [0.717, 1.165) is 19.4 Å². The number of carbonyl (C=O) groups excluding carboxylic acids is 1. The van der Waals surface area contributed by atoms with Gasteiger partial charge in [-0.25, -0.2) is 0 Å². The molecule has 0 radical (unpaired) electrons. The van der Waals surface area contributed by atoms with Gasteiger partial charge in [0.15, 0.2) is 0 Å². The predicted octanol–water partition coefficient (Wildman–Crippen LogP) is -0.406. The van der Waals surface area contributed by atoms with Crippen LogP contribution in [0.2, 0.25) is 0 Å². The highest BCUT2D eigenvalue weighted by molar-refractivity contribution is 5.78. The Kier molecular flexibility index (Phi) is 5.73. The topological polar surface area (TPSA) is 61.8 Å². The van der Waals surface area contributed by atoms with Crippen molar-refractivity contribution in [2.75, 3.05) is 33.4 Å². The van der Waals surface area contributed by atoms with Crippen molar-refractivity contribution in [3.63, 3.8) is 0 Å². The van der Waals surface area contributed by atoms with Crippen LogP contribution in [-0.2, 0) is 9.53 Å². The van der Waals surface area contributed by atoms with Crippen LogP contribution in [0.25, 0.3) is 0 Å². The molecule has 0 aromatic carbocycles. The summed E-state index contributed by atoms with van der Waals surface area (Å²) < 4.78 is 4.94. The molecule has 0 spiro atoms. The van der Waals surface area contributed by atoms with Crippen LogP contribution in [0.15, 0.2) is 0 Å². The SMILES string of the molecule is COCC(C)NC(=O)CN1CCCC(O)C1. The van der Waals surface area contributed by atoms with Crippen molar-refractivity contribution in [1.82, 2.24) is 10.2 Å². The zero-order chi connectivity index (χ0) is 12.0. The summed E-state index contributed by atoms with van der Waals surface area (Å²) in [5, 5.41) is 12.3. The summed E-state index contributed by atoms with van der Waals surface area (Å²) in [7, 11) is 1.61. The molecule has 0 aromatic heterocycles. The minimum atomic E-state index is -0.280. The molecule has 2 N–H and O–H groups in total. The van der Waals surface area contributed by atoms with Gasteiger partial charge in [-0.15, -0.1) is 0 Å². The predicted molar refractivity (Wildman–Crippen MR) is 61.2 cm³/mol. The van der Waals surface area contributed by atoms with E-state index in [-0.39, 0.29) is 18.1 Å². The molecular weight excluding hydrogens is 208 g/mol. The van der Waals surface area contributed by atoms with Crippen molar-refractivity contribution in [3.05, 3.63) is 0 Å². The van der Waals surface area contributed by atoms with Crippen LogP contribution < -0.4 is 5.32 Å². The number of aliphatic hydroxyl groups excluding tert-OH is 1. The summed E-state index contributed by atoms with van der Waals surface area (Å²) >= 11 is 0. The first-order valence-electron chi connectivity index (χ1n) is 5.80. The monoisotopic (exact) mass is 230 g/mol. The van der Waals surface area contributed by atoms with Crippen molar-refractivity contribution >= 4 is 5.91 Å². The third-order valence-electron chi connectivity index (χ3n) is 2.67. The first kappa shape index (κ1) is 13.4. The van der Waals surface area contributed by atoms with Crippen molar-refractivity contribution in [1.29, 1.82) is 0 Å². The van der Waals surface area contributed by atoms with Gasteiger partial charge >= 0.3 is 0 Å². The quantitative estimate of drug-likeness (QED) is 0.674. The number of nitrogens with one attached hydrogen (secondary N) is 1. The van der Waals surface area contributed by atoms with E-state index >= 15 is 0 Å². The zero-order valence-corrected chi connectivity index (χ0v) is 10.1. The van der Waals surface area contributed by atoms with Gasteiger partial charge in [0.05, 0.1) is 19.3 Å². The van der Waals surface area contributed by atoms with E-state index in [4.69, 9.17) is 4.74 Å². The molecule has 1 amide bonds. The number of likely N-dealkylation sites (tertiary alicyclic amines) is 1. The number of aliphatic hydroxyl groups is 1. The van der Waals surface area contributed by atoms with Crippen LogP contribution in [0.4, 0.5) is 0 Å². The van der Waals surface area contributed by atoms with Crippen molar-refractivity contribution in [2.45, 2.75) is 31.9 Å². The highest BCUT2D eigenvalue weighted by Gasteiger charge is 2.20. The lowest BCUT2D eigenvalue weighted by molar-refractivity contribution is -0.123. The van der Waals surface area contributed by atoms with Crippen molar-refractivity contribution in [2.24, 2.45) is 0 Å². The highest BCUT2D eigenvalue weighted by atomic mass is 16.5. The van der Waals surface area contributed by atoms with Gasteiger partial charge in [-0.2, -0.15) is 0 Å². The Morgan fingerprint density at radius 1 is 1.69 bits per heavy atom. The summed E-state index contributed by atoms with van der Waals surface area (Å²) in [6.45, 7) is 4.29. The van der Waals surface area contributed by atoms with Gasteiger partial charge in [0.25, 0.3) is 0 Å². The molecule has 94 valence electrons. The Morgan fingerprint density at radius 3 is 3.06 bits per heavy atom. The lowest BCUT2D eigenvalue weighted by Gasteiger charge is -2.29. The molecule has 16 heavy (non-hydrogen) atoms. The van der Waals surface area contributed by atoms with Gasteiger partial charge in [-0.3, -0.25) is 9.69 Å². The lowest BCUT2D eigenvalue weighted by atomic mass is 10.1. The lowest BCUT2D eigenvalue weighted by Crippen LogP contribution is -2.46. The second-order valence-electron chi connectivity index (χ2n) is 4.46. The third kappa shape index (κ3) is 4.92. The minimum Gasteiger partial charge on any atom is -0.392 e. The molecule has 1 heterocycles. The van der Waals surface area contributed by atoms with Gasteiger partial charge in [0, 0.05) is 19.7 Å². The molecule has 1 aliphatic rings. The maximum atomic E-state index is 11.6. The third-order valence-corrected chi connectivity index (χ3v) is 2.67. The Labute approximate surface area is 96.8 Å². The molecule has 1 aliphatic heterocycles. The highest BCUT2D eigenvalue weighted by Crippen LogP contribution is 2.08. The number of piperidine rings is 1. The standard InChI is InChI=1S/C11H22N2O3/c1-9(8-16-2)12-11(15)7-13-5-3-4-10(14)6-13/h9-10,14H,3-8H2,1-2H3,(H,12,15). The molecule has 0 bridgehead atoms. The smallest absolute Gasteiger partial charge is 0.234 e. The van der Waals surface area contributed by atoms with E-state index < -0.39 is 0 Å². The van der Waals surface area contributed by atoms with Crippen LogP contribution in [0.3, 0.4) is 0 Å². The van der Waals surface area contributed by atoms with Crippen LogP contribution >= 0.6 is 0 Å². The molecule has 2 atom stereocenters. The second-order valence-corrected chi connectivity index (χ2v) is 4.46. The van der Waals surface area contributed by atoms with E-state index in [1.807, 2.05) is 11.8 Å². The minimum absolute atomic E-state index is 0.00125. The van der Waals surface area contributed by atoms with Gasteiger partial charge in [0.2, 0.25) is 5.91 Å². The first-order chi connectivity index (χ1) is 7.61. The largest absolute Gasteiger partial charge is 0.392 e. The summed E-state index contributed by atoms with van der Waals surface area (Å²) in [5.41, 5.74) is 0. The number of methoxy groups -OCH3 is 1.